The van der Waals surface area contributed by atoms with Crippen LogP contribution in [0.2, 0.25) is 5.02 Å². The van der Waals surface area contributed by atoms with Crippen LogP contribution in [-0.2, 0) is 6.54 Å². The molecule has 0 aliphatic heterocycles. The van der Waals surface area contributed by atoms with Gasteiger partial charge in [0, 0.05) is 13.1 Å². The number of aromatic nitrogens is 3. The topological polar surface area (TPSA) is 105 Å². The summed E-state index contributed by atoms with van der Waals surface area (Å²) in [4.78, 5) is 28.1. The van der Waals surface area contributed by atoms with E-state index in [9.17, 15) is 14.9 Å². The third-order valence-electron chi connectivity index (χ3n) is 2.77. The molecule has 1 aromatic heterocycles. The highest BCUT2D eigenvalue weighted by molar-refractivity contribution is 6.34. The summed E-state index contributed by atoms with van der Waals surface area (Å²) in [5.41, 5.74) is -0.468. The lowest BCUT2D eigenvalue weighted by Crippen LogP contribution is -2.27. The van der Waals surface area contributed by atoms with Crippen LogP contribution in [-0.4, -0.2) is 38.0 Å². The first-order valence-corrected chi connectivity index (χ1v) is 6.34. The van der Waals surface area contributed by atoms with E-state index in [1.54, 1.807) is 6.92 Å². The molecule has 0 spiro atoms. The number of H-pyrrole nitrogens is 1. The van der Waals surface area contributed by atoms with Crippen molar-refractivity contribution in [3.63, 3.8) is 0 Å². The number of nitro groups is 1. The second kappa shape index (κ2) is 5.88. The van der Waals surface area contributed by atoms with Gasteiger partial charge in [0.2, 0.25) is 0 Å². The fraction of sp³-hybridized carbons (Fsp3) is 0.250. The Morgan fingerprint density at radius 3 is 2.81 bits per heavy atom. The van der Waals surface area contributed by atoms with E-state index in [0.717, 1.165) is 0 Å². The Hall–Kier alpha value is -2.48. The first-order chi connectivity index (χ1) is 9.90. The molecule has 0 bridgehead atoms. The van der Waals surface area contributed by atoms with Crippen LogP contribution in [0.4, 0.5) is 5.69 Å². The number of halogens is 1. The summed E-state index contributed by atoms with van der Waals surface area (Å²) in [6.07, 6.45) is 0. The quantitative estimate of drug-likeness (QED) is 0.686. The summed E-state index contributed by atoms with van der Waals surface area (Å²) < 4.78 is 0. The highest BCUT2D eigenvalue weighted by Gasteiger charge is 2.26. The van der Waals surface area contributed by atoms with Crippen molar-refractivity contribution in [1.29, 1.82) is 0 Å². The predicted molar refractivity (Wildman–Crippen MR) is 75.0 cm³/mol. The minimum Gasteiger partial charge on any atom is -0.334 e. The van der Waals surface area contributed by atoms with E-state index in [0.29, 0.717) is 11.6 Å². The second-order valence-electron chi connectivity index (χ2n) is 4.39. The molecule has 0 saturated carbocycles. The van der Waals surface area contributed by atoms with Gasteiger partial charge in [-0.1, -0.05) is 17.7 Å². The minimum absolute atomic E-state index is 0.0345. The molecule has 0 aliphatic rings. The molecular formula is C12H12ClN5O3. The highest BCUT2D eigenvalue weighted by atomic mass is 35.5. The molecule has 9 heteroatoms. The molecule has 0 aliphatic carbocycles. The molecule has 0 atom stereocenters. The molecule has 0 saturated heterocycles. The van der Waals surface area contributed by atoms with Crippen molar-refractivity contribution < 1.29 is 9.72 Å². The van der Waals surface area contributed by atoms with Gasteiger partial charge in [-0.3, -0.25) is 20.0 Å². The minimum atomic E-state index is -0.635. The van der Waals surface area contributed by atoms with Gasteiger partial charge in [-0.2, -0.15) is 5.10 Å². The van der Waals surface area contributed by atoms with Gasteiger partial charge in [0.25, 0.3) is 11.6 Å². The molecule has 2 aromatic rings. The monoisotopic (exact) mass is 309 g/mol. The van der Waals surface area contributed by atoms with Gasteiger partial charge in [0.15, 0.2) is 5.82 Å². The Bertz CT molecular complexity index is 700. The van der Waals surface area contributed by atoms with Crippen LogP contribution in [0.25, 0.3) is 0 Å². The van der Waals surface area contributed by atoms with Gasteiger partial charge >= 0.3 is 0 Å². The number of aryl methyl sites for hydroxylation is 1. The van der Waals surface area contributed by atoms with Crippen molar-refractivity contribution in [1.82, 2.24) is 20.1 Å². The van der Waals surface area contributed by atoms with Crippen molar-refractivity contribution in [3.05, 3.63) is 50.5 Å². The molecule has 2 rings (SSSR count). The molecule has 21 heavy (non-hydrogen) atoms. The van der Waals surface area contributed by atoms with Crippen LogP contribution in [0, 0.1) is 17.0 Å². The number of hydrogen-bond acceptors (Lipinski definition) is 5. The largest absolute Gasteiger partial charge is 0.334 e. The number of amides is 1. The number of nitrogens with one attached hydrogen (secondary N) is 1. The van der Waals surface area contributed by atoms with Crippen molar-refractivity contribution in [2.75, 3.05) is 7.05 Å². The Morgan fingerprint density at radius 2 is 2.24 bits per heavy atom. The maximum Gasteiger partial charge on any atom is 0.283 e. The van der Waals surface area contributed by atoms with Gasteiger partial charge in [-0.15, -0.1) is 0 Å². The zero-order valence-electron chi connectivity index (χ0n) is 11.3. The summed E-state index contributed by atoms with van der Waals surface area (Å²) in [6, 6.07) is 4.10. The molecule has 0 fully saturated rings. The van der Waals surface area contributed by atoms with Crippen LogP contribution < -0.4 is 0 Å². The number of nitrogens with zero attached hydrogens (tertiary/aromatic N) is 4. The fourth-order valence-corrected chi connectivity index (χ4v) is 2.06. The van der Waals surface area contributed by atoms with Crippen molar-refractivity contribution in [2.45, 2.75) is 13.5 Å². The van der Waals surface area contributed by atoms with Crippen molar-refractivity contribution >= 4 is 23.2 Å². The van der Waals surface area contributed by atoms with Crippen molar-refractivity contribution in [3.8, 4) is 0 Å². The van der Waals surface area contributed by atoms with Gasteiger partial charge in [0.05, 0.1) is 16.5 Å². The Kier molecular flexibility index (Phi) is 4.18. The summed E-state index contributed by atoms with van der Waals surface area (Å²) >= 11 is 5.93. The molecule has 110 valence electrons. The molecule has 0 radical (unpaired) electrons. The molecule has 8 nitrogen and oxygen atoms in total. The van der Waals surface area contributed by atoms with E-state index < -0.39 is 10.8 Å². The standard InChI is InChI=1S/C12H12ClN5O3/c1-7-14-10(16-15-7)6-17(2)12(19)11-8(13)4-3-5-9(11)18(20)21/h3-5H,6H2,1-2H3,(H,14,15,16). The van der Waals surface area contributed by atoms with E-state index in [-0.39, 0.29) is 22.8 Å². The smallest absolute Gasteiger partial charge is 0.283 e. The summed E-state index contributed by atoms with van der Waals surface area (Å²) in [6.45, 7) is 1.85. The third-order valence-corrected chi connectivity index (χ3v) is 3.09. The molecule has 1 amide bonds. The molecule has 1 aromatic carbocycles. The predicted octanol–water partition coefficient (Wildman–Crippen LogP) is 1.95. The zero-order chi connectivity index (χ0) is 15.6. The van der Waals surface area contributed by atoms with Crippen LogP contribution >= 0.6 is 11.6 Å². The SMILES string of the molecule is Cc1nc(CN(C)C(=O)c2c(Cl)cccc2[N+](=O)[O-])n[nH]1. The van der Waals surface area contributed by atoms with Crippen LogP contribution in [0.5, 0.6) is 0 Å². The lowest BCUT2D eigenvalue weighted by molar-refractivity contribution is -0.385. The summed E-state index contributed by atoms with van der Waals surface area (Å²) in [5, 5.41) is 17.6. The lowest BCUT2D eigenvalue weighted by atomic mass is 10.1. The number of nitro benzene ring substituents is 1. The molecule has 0 unspecified atom stereocenters. The number of benzene rings is 1. The first-order valence-electron chi connectivity index (χ1n) is 5.96. The van der Waals surface area contributed by atoms with E-state index >= 15 is 0 Å². The number of carbonyl (C=O) groups is 1. The first kappa shape index (κ1) is 14.9. The van der Waals surface area contributed by atoms with E-state index in [4.69, 9.17) is 11.6 Å². The molecule has 1 heterocycles. The summed E-state index contributed by atoms with van der Waals surface area (Å²) in [7, 11) is 1.50. The van der Waals surface area contributed by atoms with Crippen molar-refractivity contribution in [2.24, 2.45) is 0 Å². The normalized spacial score (nSPS) is 10.4. The van der Waals surface area contributed by atoms with Gasteiger partial charge in [-0.05, 0) is 13.0 Å². The maximum atomic E-state index is 12.4. The van der Waals surface area contributed by atoms with E-state index in [1.165, 1.54) is 30.1 Å². The number of carbonyl (C=O) groups excluding carboxylic acids is 1. The second-order valence-corrected chi connectivity index (χ2v) is 4.80. The summed E-state index contributed by atoms with van der Waals surface area (Å²) in [5.74, 6) is 0.474. The Morgan fingerprint density at radius 1 is 1.52 bits per heavy atom. The number of aromatic amines is 1. The van der Waals surface area contributed by atoms with E-state index in [2.05, 4.69) is 15.2 Å². The molecule has 1 N–H and O–H groups in total. The average molecular weight is 310 g/mol. The Balaban J connectivity index is 2.29. The number of rotatable bonds is 4. The lowest BCUT2D eigenvalue weighted by Gasteiger charge is -2.16. The zero-order valence-corrected chi connectivity index (χ0v) is 12.1. The third kappa shape index (κ3) is 3.16. The van der Waals surface area contributed by atoms with Gasteiger partial charge in [-0.25, -0.2) is 4.98 Å². The van der Waals surface area contributed by atoms with Gasteiger partial charge < -0.3 is 4.90 Å². The maximum absolute atomic E-state index is 12.4. The van der Waals surface area contributed by atoms with Crippen LogP contribution in [0.15, 0.2) is 18.2 Å². The average Bonchev–Trinajstić information content (AvgIpc) is 2.82. The number of hydrogen-bond donors (Lipinski definition) is 1. The van der Waals surface area contributed by atoms with Gasteiger partial charge in [0.1, 0.15) is 11.4 Å². The highest BCUT2D eigenvalue weighted by Crippen LogP contribution is 2.27. The Labute approximate surface area is 124 Å². The fourth-order valence-electron chi connectivity index (χ4n) is 1.81. The molecular weight excluding hydrogens is 298 g/mol. The van der Waals surface area contributed by atoms with Crippen LogP contribution in [0.3, 0.4) is 0 Å². The van der Waals surface area contributed by atoms with E-state index in [1.807, 2.05) is 0 Å². The van der Waals surface area contributed by atoms with Crippen LogP contribution in [0.1, 0.15) is 22.0 Å².